The Hall–Kier alpha value is -1.59. The molecule has 126 valence electrons. The second kappa shape index (κ2) is 7.32. The Labute approximate surface area is 137 Å². The Morgan fingerprint density at radius 2 is 2.22 bits per heavy atom. The second-order valence-electron chi connectivity index (χ2n) is 6.26. The van der Waals surface area contributed by atoms with Crippen LogP contribution >= 0.6 is 0 Å². The number of carbonyl (C=O) groups is 1. The highest BCUT2D eigenvalue weighted by atomic mass is 16.6. The zero-order valence-corrected chi connectivity index (χ0v) is 13.7. The summed E-state index contributed by atoms with van der Waals surface area (Å²) >= 11 is 0. The highest BCUT2D eigenvalue weighted by molar-refractivity contribution is 5.76. The predicted molar refractivity (Wildman–Crippen MR) is 86.5 cm³/mol. The number of amides is 1. The lowest BCUT2D eigenvalue weighted by Crippen LogP contribution is -2.58. The van der Waals surface area contributed by atoms with Crippen molar-refractivity contribution in [1.29, 1.82) is 0 Å². The maximum atomic E-state index is 12.5. The van der Waals surface area contributed by atoms with Gasteiger partial charge >= 0.3 is 0 Å². The summed E-state index contributed by atoms with van der Waals surface area (Å²) < 4.78 is 17.2. The maximum Gasteiger partial charge on any atom is 0.226 e. The van der Waals surface area contributed by atoms with Crippen LogP contribution in [0.25, 0.3) is 0 Å². The van der Waals surface area contributed by atoms with Gasteiger partial charge in [-0.15, -0.1) is 0 Å². The molecule has 0 N–H and O–H groups in total. The molecule has 0 saturated carbocycles. The van der Waals surface area contributed by atoms with Gasteiger partial charge in [0.1, 0.15) is 11.4 Å². The first-order valence-electron chi connectivity index (χ1n) is 8.36. The molecular weight excluding hydrogens is 294 g/mol. The summed E-state index contributed by atoms with van der Waals surface area (Å²) in [5.74, 6) is 0.930. The molecule has 0 unspecified atom stereocenters. The van der Waals surface area contributed by atoms with E-state index < -0.39 is 0 Å². The van der Waals surface area contributed by atoms with Crippen molar-refractivity contribution in [2.75, 3.05) is 33.4 Å². The number of piperidine rings is 1. The highest BCUT2D eigenvalue weighted by Crippen LogP contribution is 2.36. The Balaban J connectivity index is 1.51. The zero-order valence-electron chi connectivity index (χ0n) is 13.7. The van der Waals surface area contributed by atoms with E-state index in [-0.39, 0.29) is 17.6 Å². The second-order valence-corrected chi connectivity index (χ2v) is 6.26. The van der Waals surface area contributed by atoms with Crippen LogP contribution in [-0.2, 0) is 14.3 Å². The van der Waals surface area contributed by atoms with Gasteiger partial charge in [0.25, 0.3) is 0 Å². The molecule has 1 aromatic carbocycles. The molecule has 5 heteroatoms. The first-order valence-corrected chi connectivity index (χ1v) is 8.36. The number of likely N-dealkylation sites (tertiary alicyclic amines) is 1. The molecule has 0 aliphatic carbocycles. The molecule has 2 atom stereocenters. The standard InChI is InChI=1S/C18H25NO4/c1-21-16-8-11-19(14-18(16)10-5-12-23-18)17(20)9-13-22-15-6-3-2-4-7-15/h2-4,6-7,16H,5,8-14H2,1H3/t16-,18-/m0/s1. The summed E-state index contributed by atoms with van der Waals surface area (Å²) in [4.78, 5) is 14.4. The molecule has 2 saturated heterocycles. The Morgan fingerprint density at radius 3 is 2.91 bits per heavy atom. The van der Waals surface area contributed by atoms with E-state index in [0.717, 1.165) is 38.2 Å². The molecule has 1 amide bonds. The number of para-hydroxylation sites is 1. The van der Waals surface area contributed by atoms with Crippen LogP contribution in [0.2, 0.25) is 0 Å². The first kappa shape index (κ1) is 16.3. The van der Waals surface area contributed by atoms with Crippen molar-refractivity contribution in [2.45, 2.75) is 37.4 Å². The van der Waals surface area contributed by atoms with Crippen molar-refractivity contribution in [3.05, 3.63) is 30.3 Å². The molecule has 2 aliphatic heterocycles. The van der Waals surface area contributed by atoms with Crippen LogP contribution in [0.5, 0.6) is 5.75 Å². The molecule has 0 radical (unpaired) electrons. The van der Waals surface area contributed by atoms with Crippen molar-refractivity contribution in [3.63, 3.8) is 0 Å². The molecule has 23 heavy (non-hydrogen) atoms. The zero-order chi connectivity index (χ0) is 16.1. The van der Waals surface area contributed by atoms with Gasteiger partial charge in [-0.1, -0.05) is 18.2 Å². The quantitative estimate of drug-likeness (QED) is 0.835. The van der Waals surface area contributed by atoms with Crippen LogP contribution in [0.15, 0.2) is 30.3 Å². The van der Waals surface area contributed by atoms with Crippen molar-refractivity contribution in [3.8, 4) is 5.75 Å². The minimum atomic E-state index is -0.303. The van der Waals surface area contributed by atoms with Crippen molar-refractivity contribution < 1.29 is 19.0 Å². The summed E-state index contributed by atoms with van der Waals surface area (Å²) in [5, 5.41) is 0. The van der Waals surface area contributed by atoms with Crippen LogP contribution in [0.3, 0.4) is 0 Å². The lowest BCUT2D eigenvalue weighted by molar-refractivity contribution is -0.161. The van der Waals surface area contributed by atoms with E-state index in [1.54, 1.807) is 7.11 Å². The average molecular weight is 319 g/mol. The summed E-state index contributed by atoms with van der Waals surface area (Å²) in [6.45, 7) is 2.53. The average Bonchev–Trinajstić information content (AvgIpc) is 3.04. The first-order chi connectivity index (χ1) is 11.2. The number of hydrogen-bond acceptors (Lipinski definition) is 4. The number of rotatable bonds is 5. The molecule has 2 heterocycles. The van der Waals surface area contributed by atoms with Gasteiger partial charge in [-0.2, -0.15) is 0 Å². The fraction of sp³-hybridized carbons (Fsp3) is 0.611. The van der Waals surface area contributed by atoms with Crippen LogP contribution in [0, 0.1) is 0 Å². The van der Waals surface area contributed by atoms with Crippen LogP contribution in [0.1, 0.15) is 25.7 Å². The number of hydrogen-bond donors (Lipinski definition) is 0. The van der Waals surface area contributed by atoms with Gasteiger partial charge in [0, 0.05) is 20.3 Å². The fourth-order valence-electron chi connectivity index (χ4n) is 3.61. The smallest absolute Gasteiger partial charge is 0.226 e. The molecule has 3 rings (SSSR count). The molecule has 0 bridgehead atoms. The minimum Gasteiger partial charge on any atom is -0.493 e. The fourth-order valence-corrected chi connectivity index (χ4v) is 3.61. The number of carbonyl (C=O) groups excluding carboxylic acids is 1. The number of ether oxygens (including phenoxy) is 3. The molecule has 1 aromatic rings. The van der Waals surface area contributed by atoms with Crippen LogP contribution in [-0.4, -0.2) is 55.9 Å². The molecular formula is C18H25NO4. The number of methoxy groups -OCH3 is 1. The topological polar surface area (TPSA) is 48.0 Å². The van der Waals surface area contributed by atoms with E-state index in [0.29, 0.717) is 19.6 Å². The normalized spacial score (nSPS) is 27.3. The van der Waals surface area contributed by atoms with Gasteiger partial charge < -0.3 is 19.1 Å². The third-order valence-corrected chi connectivity index (χ3v) is 4.81. The van der Waals surface area contributed by atoms with Gasteiger partial charge in [0.2, 0.25) is 5.91 Å². The van der Waals surface area contributed by atoms with Gasteiger partial charge in [0.05, 0.1) is 25.7 Å². The predicted octanol–water partition coefficient (Wildman–Crippen LogP) is 2.25. The Morgan fingerprint density at radius 1 is 1.39 bits per heavy atom. The molecule has 2 fully saturated rings. The molecule has 2 aliphatic rings. The van der Waals surface area contributed by atoms with Crippen molar-refractivity contribution >= 4 is 5.91 Å². The van der Waals surface area contributed by atoms with Crippen LogP contribution < -0.4 is 4.74 Å². The van der Waals surface area contributed by atoms with Gasteiger partial charge in [-0.05, 0) is 31.4 Å². The third-order valence-electron chi connectivity index (χ3n) is 4.81. The highest BCUT2D eigenvalue weighted by Gasteiger charge is 2.48. The van der Waals surface area contributed by atoms with E-state index in [1.807, 2.05) is 35.2 Å². The lowest BCUT2D eigenvalue weighted by Gasteiger charge is -2.44. The molecule has 0 aromatic heterocycles. The van der Waals surface area contributed by atoms with E-state index >= 15 is 0 Å². The molecule has 1 spiro atoms. The van der Waals surface area contributed by atoms with Gasteiger partial charge in [-0.3, -0.25) is 4.79 Å². The van der Waals surface area contributed by atoms with Crippen LogP contribution in [0.4, 0.5) is 0 Å². The summed E-state index contributed by atoms with van der Waals surface area (Å²) in [6, 6.07) is 9.59. The SMILES string of the molecule is CO[C@H]1CCN(C(=O)CCOc2ccccc2)C[C@@]12CCCO2. The van der Waals surface area contributed by atoms with E-state index in [2.05, 4.69) is 0 Å². The van der Waals surface area contributed by atoms with E-state index in [1.165, 1.54) is 0 Å². The summed E-state index contributed by atoms with van der Waals surface area (Å²) in [7, 11) is 1.74. The Bertz CT molecular complexity index is 513. The van der Waals surface area contributed by atoms with E-state index in [4.69, 9.17) is 14.2 Å². The maximum absolute atomic E-state index is 12.5. The van der Waals surface area contributed by atoms with Gasteiger partial charge in [-0.25, -0.2) is 0 Å². The third kappa shape index (κ3) is 3.67. The minimum absolute atomic E-state index is 0.0922. The molecule has 5 nitrogen and oxygen atoms in total. The van der Waals surface area contributed by atoms with Crippen molar-refractivity contribution in [1.82, 2.24) is 4.90 Å². The Kier molecular flexibility index (Phi) is 5.18. The summed E-state index contributed by atoms with van der Waals surface area (Å²) in [6.07, 6.45) is 3.33. The number of nitrogens with zero attached hydrogens (tertiary/aromatic N) is 1. The van der Waals surface area contributed by atoms with Gasteiger partial charge in [0.15, 0.2) is 0 Å². The monoisotopic (exact) mass is 319 g/mol. The lowest BCUT2D eigenvalue weighted by atomic mass is 9.86. The summed E-state index contributed by atoms with van der Waals surface area (Å²) in [5.41, 5.74) is -0.303. The van der Waals surface area contributed by atoms with E-state index in [9.17, 15) is 4.79 Å². The largest absolute Gasteiger partial charge is 0.493 e. The van der Waals surface area contributed by atoms with Crippen molar-refractivity contribution in [2.24, 2.45) is 0 Å². The number of benzene rings is 1.